The fraction of sp³-hybridized carbons (Fsp3) is 0.350. The van der Waals surface area contributed by atoms with Crippen LogP contribution >= 0.6 is 0 Å². The van der Waals surface area contributed by atoms with Crippen LogP contribution in [0.25, 0.3) is 5.69 Å². The summed E-state index contributed by atoms with van der Waals surface area (Å²) < 4.78 is 15.5. The Kier molecular flexibility index (Phi) is 4.85. The lowest BCUT2D eigenvalue weighted by Gasteiger charge is -2.32. The fourth-order valence-corrected chi connectivity index (χ4v) is 3.72. The normalized spacial score (nSPS) is 17.9. The predicted octanol–water partition coefficient (Wildman–Crippen LogP) is 2.78. The third-order valence-corrected chi connectivity index (χ3v) is 4.95. The van der Waals surface area contributed by atoms with E-state index in [1.54, 1.807) is 35.1 Å². The van der Waals surface area contributed by atoms with Crippen LogP contribution in [-0.4, -0.2) is 37.7 Å². The minimum atomic E-state index is -0.291. The minimum Gasteiger partial charge on any atom is -0.311 e. The molecule has 1 fully saturated rings. The maximum atomic E-state index is 13.9. The lowest BCUT2D eigenvalue weighted by atomic mass is 9.94. The van der Waals surface area contributed by atoms with Gasteiger partial charge in [0.1, 0.15) is 17.3 Å². The van der Waals surface area contributed by atoms with E-state index in [1.807, 2.05) is 13.1 Å². The first-order valence-electron chi connectivity index (χ1n) is 9.17. The topological polar surface area (TPSA) is 66.8 Å². The summed E-state index contributed by atoms with van der Waals surface area (Å²) in [6, 6.07) is 8.22. The summed E-state index contributed by atoms with van der Waals surface area (Å²) in [5, 5.41) is 4.31. The van der Waals surface area contributed by atoms with Crippen LogP contribution in [0.15, 0.2) is 47.5 Å². The molecular formula is C20H22FN5O. The van der Waals surface area contributed by atoms with Crippen molar-refractivity contribution in [2.75, 3.05) is 13.1 Å². The van der Waals surface area contributed by atoms with Crippen molar-refractivity contribution < 1.29 is 4.39 Å². The van der Waals surface area contributed by atoms with Gasteiger partial charge in [-0.05, 0) is 38.4 Å². The molecule has 3 aromatic rings. The van der Waals surface area contributed by atoms with Gasteiger partial charge < -0.3 is 4.98 Å². The Morgan fingerprint density at radius 1 is 1.33 bits per heavy atom. The molecule has 1 aromatic carbocycles. The first-order valence-corrected chi connectivity index (χ1v) is 9.17. The van der Waals surface area contributed by atoms with Crippen molar-refractivity contribution in [1.29, 1.82) is 0 Å². The molecule has 140 valence electrons. The van der Waals surface area contributed by atoms with Crippen LogP contribution in [0.2, 0.25) is 0 Å². The number of aromatic nitrogens is 4. The number of hydrogen-bond acceptors (Lipinski definition) is 4. The molecule has 1 N–H and O–H groups in total. The number of likely N-dealkylation sites (tertiary alicyclic amines) is 1. The molecule has 1 aliphatic heterocycles. The summed E-state index contributed by atoms with van der Waals surface area (Å²) in [6.45, 7) is 4.39. The molecule has 0 amide bonds. The average Bonchev–Trinajstić information content (AvgIpc) is 3.10. The van der Waals surface area contributed by atoms with Crippen molar-refractivity contribution in [3.63, 3.8) is 0 Å². The third-order valence-electron chi connectivity index (χ3n) is 4.95. The molecule has 1 atom stereocenters. The number of nitrogens with one attached hydrogen (secondary N) is 1. The Labute approximate surface area is 156 Å². The molecule has 1 unspecified atom stereocenters. The maximum absolute atomic E-state index is 13.9. The van der Waals surface area contributed by atoms with Gasteiger partial charge in [-0.25, -0.2) is 14.1 Å². The van der Waals surface area contributed by atoms with Crippen LogP contribution < -0.4 is 5.56 Å². The zero-order valence-electron chi connectivity index (χ0n) is 15.2. The van der Waals surface area contributed by atoms with Crippen LogP contribution in [0.3, 0.4) is 0 Å². The Morgan fingerprint density at radius 2 is 2.19 bits per heavy atom. The smallest absolute Gasteiger partial charge is 0.251 e. The first kappa shape index (κ1) is 17.6. The molecule has 0 radical (unpaired) electrons. The van der Waals surface area contributed by atoms with E-state index in [1.165, 1.54) is 6.07 Å². The number of H-pyrrole nitrogens is 1. The maximum Gasteiger partial charge on any atom is 0.251 e. The van der Waals surface area contributed by atoms with Crippen LogP contribution in [0.4, 0.5) is 4.39 Å². The number of piperidine rings is 1. The molecule has 7 heteroatoms. The van der Waals surface area contributed by atoms with Crippen molar-refractivity contribution in [3.8, 4) is 5.69 Å². The molecule has 6 nitrogen and oxygen atoms in total. The van der Waals surface area contributed by atoms with Crippen molar-refractivity contribution in [3.05, 3.63) is 76.0 Å². The van der Waals surface area contributed by atoms with Gasteiger partial charge in [0.2, 0.25) is 0 Å². The average molecular weight is 367 g/mol. The van der Waals surface area contributed by atoms with E-state index < -0.39 is 0 Å². The second-order valence-electron chi connectivity index (χ2n) is 7.07. The highest BCUT2D eigenvalue weighted by Crippen LogP contribution is 2.26. The molecule has 2 aromatic heterocycles. The van der Waals surface area contributed by atoms with Gasteiger partial charge >= 0.3 is 0 Å². The molecule has 0 aliphatic carbocycles. The largest absolute Gasteiger partial charge is 0.311 e. The van der Waals surface area contributed by atoms with Crippen molar-refractivity contribution in [1.82, 2.24) is 24.6 Å². The molecular weight excluding hydrogens is 345 g/mol. The quantitative estimate of drug-likeness (QED) is 0.770. The summed E-state index contributed by atoms with van der Waals surface area (Å²) in [6.07, 6.45) is 5.74. The molecule has 0 spiro atoms. The number of rotatable bonds is 4. The Morgan fingerprint density at radius 3 is 3.00 bits per heavy atom. The molecule has 1 saturated heterocycles. The second-order valence-corrected chi connectivity index (χ2v) is 7.07. The highest BCUT2D eigenvalue weighted by molar-refractivity contribution is 5.33. The van der Waals surface area contributed by atoms with E-state index in [0.29, 0.717) is 11.5 Å². The van der Waals surface area contributed by atoms with Gasteiger partial charge in [-0.1, -0.05) is 12.1 Å². The van der Waals surface area contributed by atoms with Gasteiger partial charge in [-0.3, -0.25) is 9.69 Å². The van der Waals surface area contributed by atoms with Crippen LogP contribution in [0, 0.1) is 12.7 Å². The number of para-hydroxylation sites is 1. The second kappa shape index (κ2) is 7.44. The van der Waals surface area contributed by atoms with E-state index in [0.717, 1.165) is 43.7 Å². The van der Waals surface area contributed by atoms with Gasteiger partial charge in [0.15, 0.2) is 0 Å². The zero-order chi connectivity index (χ0) is 18.8. The Balaban J connectivity index is 1.47. The lowest BCUT2D eigenvalue weighted by Crippen LogP contribution is -2.34. The predicted molar refractivity (Wildman–Crippen MR) is 100 cm³/mol. The number of benzene rings is 1. The number of nitrogens with zero attached hydrogens (tertiary/aromatic N) is 4. The summed E-state index contributed by atoms with van der Waals surface area (Å²) >= 11 is 0. The first-order chi connectivity index (χ1) is 13.1. The molecule has 27 heavy (non-hydrogen) atoms. The highest BCUT2D eigenvalue weighted by Gasteiger charge is 2.23. The van der Waals surface area contributed by atoms with Crippen LogP contribution in [0.5, 0.6) is 0 Å². The fourth-order valence-electron chi connectivity index (χ4n) is 3.72. The van der Waals surface area contributed by atoms with Crippen LogP contribution in [0.1, 0.15) is 35.8 Å². The van der Waals surface area contributed by atoms with Crippen molar-refractivity contribution >= 4 is 0 Å². The van der Waals surface area contributed by atoms with Gasteiger partial charge in [0, 0.05) is 36.8 Å². The number of halogens is 1. The minimum absolute atomic E-state index is 0.0965. The molecule has 0 bridgehead atoms. The van der Waals surface area contributed by atoms with E-state index in [-0.39, 0.29) is 17.3 Å². The highest BCUT2D eigenvalue weighted by atomic mass is 19.1. The van der Waals surface area contributed by atoms with Gasteiger partial charge in [-0.2, -0.15) is 5.10 Å². The third kappa shape index (κ3) is 3.98. The van der Waals surface area contributed by atoms with Crippen LogP contribution in [-0.2, 0) is 6.54 Å². The molecule has 3 heterocycles. The standard InChI is InChI=1S/C20H22FN5O/c1-14-23-18(9-20(27)24-14)16-5-4-8-25(13-16)11-15-10-22-26(12-15)19-7-3-2-6-17(19)21/h2-3,6-7,9-10,12,16H,4-5,8,11,13H2,1H3,(H,23,24,27). The lowest BCUT2D eigenvalue weighted by molar-refractivity contribution is 0.198. The van der Waals surface area contributed by atoms with E-state index >= 15 is 0 Å². The van der Waals surface area contributed by atoms with Gasteiger partial charge in [-0.15, -0.1) is 0 Å². The number of aryl methyl sites for hydroxylation is 1. The van der Waals surface area contributed by atoms with E-state index in [9.17, 15) is 9.18 Å². The number of aromatic amines is 1. The molecule has 0 saturated carbocycles. The summed E-state index contributed by atoms with van der Waals surface area (Å²) in [7, 11) is 0. The monoisotopic (exact) mass is 367 g/mol. The molecule has 1 aliphatic rings. The van der Waals surface area contributed by atoms with Crippen molar-refractivity contribution in [2.45, 2.75) is 32.2 Å². The Hall–Kier alpha value is -2.80. The van der Waals surface area contributed by atoms with Gasteiger partial charge in [0.05, 0.1) is 11.9 Å². The summed E-state index contributed by atoms with van der Waals surface area (Å²) in [5.41, 5.74) is 2.25. The SMILES string of the molecule is Cc1nc(C2CCCN(Cc3cnn(-c4ccccc4F)c3)C2)cc(=O)[nH]1. The van der Waals surface area contributed by atoms with E-state index in [2.05, 4.69) is 20.0 Å². The van der Waals surface area contributed by atoms with Crippen molar-refractivity contribution in [2.24, 2.45) is 0 Å². The number of hydrogen-bond donors (Lipinski definition) is 1. The van der Waals surface area contributed by atoms with E-state index in [4.69, 9.17) is 0 Å². The molecule has 4 rings (SSSR count). The zero-order valence-corrected chi connectivity index (χ0v) is 15.2. The summed E-state index contributed by atoms with van der Waals surface area (Å²) in [4.78, 5) is 21.3. The van der Waals surface area contributed by atoms with Gasteiger partial charge in [0.25, 0.3) is 5.56 Å². The summed E-state index contributed by atoms with van der Waals surface area (Å²) in [5.74, 6) is 0.614. The Bertz CT molecular complexity index is 996.